The largest absolute Gasteiger partial charge is 0.464 e. The minimum absolute atomic E-state index is 0.0804. The Morgan fingerprint density at radius 1 is 1.17 bits per heavy atom. The molecule has 0 bridgehead atoms. The average Bonchev–Trinajstić information content (AvgIpc) is 2.28. The van der Waals surface area contributed by atoms with Crippen molar-refractivity contribution in [3.8, 4) is 0 Å². The Balaban J connectivity index is 2.75. The summed E-state index contributed by atoms with van der Waals surface area (Å²) in [4.78, 5) is 12.1. The molecule has 1 N–H and O–H groups in total. The molecule has 0 aromatic carbocycles. The minimum atomic E-state index is -1.25. The first-order chi connectivity index (χ1) is 8.65. The number of carbonyl (C=O) groups excluding carboxylic acids is 1. The van der Waals surface area contributed by atoms with Gasteiger partial charge in [0, 0.05) is 0 Å². The van der Waals surface area contributed by atoms with Gasteiger partial charge in [-0.3, -0.25) is 0 Å². The van der Waals surface area contributed by atoms with E-state index < -0.39 is 11.6 Å². The Kier molecular flexibility index (Phi) is 6.69. The quantitative estimate of drug-likeness (QED) is 0.766. The van der Waals surface area contributed by atoms with Crippen LogP contribution in [0.2, 0.25) is 0 Å². The van der Waals surface area contributed by atoms with Gasteiger partial charge in [-0.1, -0.05) is 45.4 Å². The number of hydrogen-bond acceptors (Lipinski definition) is 3. The van der Waals surface area contributed by atoms with Crippen molar-refractivity contribution in [1.82, 2.24) is 0 Å². The van der Waals surface area contributed by atoms with Crippen LogP contribution in [0.1, 0.15) is 71.6 Å². The molecular weight excluding hydrogens is 228 g/mol. The van der Waals surface area contributed by atoms with E-state index in [1.54, 1.807) is 6.92 Å². The molecule has 1 fully saturated rings. The zero-order chi connectivity index (χ0) is 13.4. The second kappa shape index (κ2) is 7.78. The van der Waals surface area contributed by atoms with Crippen molar-refractivity contribution in [2.45, 2.75) is 77.2 Å². The minimum Gasteiger partial charge on any atom is -0.464 e. The average molecular weight is 256 g/mol. The third-order valence-electron chi connectivity index (χ3n) is 4.04. The maximum Gasteiger partial charge on any atom is 0.338 e. The van der Waals surface area contributed by atoms with Crippen molar-refractivity contribution >= 4 is 5.97 Å². The molecule has 1 rings (SSSR count). The summed E-state index contributed by atoms with van der Waals surface area (Å²) in [7, 11) is 0. The van der Waals surface area contributed by atoms with Crippen molar-refractivity contribution in [3.63, 3.8) is 0 Å². The molecule has 0 saturated heterocycles. The van der Waals surface area contributed by atoms with Crippen molar-refractivity contribution in [2.75, 3.05) is 6.61 Å². The summed E-state index contributed by atoms with van der Waals surface area (Å²) in [5.74, 6) is -0.325. The van der Waals surface area contributed by atoms with Gasteiger partial charge in [-0.15, -0.1) is 0 Å². The maximum absolute atomic E-state index is 12.1. The summed E-state index contributed by atoms with van der Waals surface area (Å²) >= 11 is 0. The topological polar surface area (TPSA) is 46.5 Å². The summed E-state index contributed by atoms with van der Waals surface area (Å²) < 4.78 is 5.10. The van der Waals surface area contributed by atoms with Crippen LogP contribution in [-0.4, -0.2) is 23.3 Å². The number of carbonyl (C=O) groups is 1. The van der Waals surface area contributed by atoms with Gasteiger partial charge in [-0.2, -0.15) is 0 Å². The zero-order valence-electron chi connectivity index (χ0n) is 11.9. The van der Waals surface area contributed by atoms with Gasteiger partial charge >= 0.3 is 5.97 Å². The van der Waals surface area contributed by atoms with Crippen LogP contribution in [0.15, 0.2) is 0 Å². The van der Waals surface area contributed by atoms with Crippen molar-refractivity contribution in [2.24, 2.45) is 5.92 Å². The highest BCUT2D eigenvalue weighted by Crippen LogP contribution is 2.35. The van der Waals surface area contributed by atoms with E-state index in [0.29, 0.717) is 13.0 Å². The molecule has 0 aromatic heterocycles. The lowest BCUT2D eigenvalue weighted by Crippen LogP contribution is -2.47. The predicted molar refractivity (Wildman–Crippen MR) is 72.3 cm³/mol. The van der Waals surface area contributed by atoms with E-state index >= 15 is 0 Å². The second-order valence-electron chi connectivity index (χ2n) is 5.44. The van der Waals surface area contributed by atoms with Crippen LogP contribution in [0, 0.1) is 5.92 Å². The highest BCUT2D eigenvalue weighted by molar-refractivity contribution is 5.79. The third-order valence-corrected chi connectivity index (χ3v) is 4.04. The molecule has 106 valence electrons. The SMILES string of the molecule is CCCC(O)(C(=O)OCC)C1CCCCCCC1. The van der Waals surface area contributed by atoms with Gasteiger partial charge in [0.1, 0.15) is 0 Å². The Labute approximate surface area is 111 Å². The summed E-state index contributed by atoms with van der Waals surface area (Å²) in [6.45, 7) is 4.15. The van der Waals surface area contributed by atoms with Gasteiger partial charge < -0.3 is 9.84 Å². The molecule has 0 amide bonds. The molecule has 3 nitrogen and oxygen atoms in total. The third kappa shape index (κ3) is 3.98. The fraction of sp³-hybridized carbons (Fsp3) is 0.933. The van der Waals surface area contributed by atoms with Crippen molar-refractivity contribution < 1.29 is 14.6 Å². The van der Waals surface area contributed by atoms with Gasteiger partial charge in [0.15, 0.2) is 5.60 Å². The highest BCUT2D eigenvalue weighted by Gasteiger charge is 2.43. The lowest BCUT2D eigenvalue weighted by Gasteiger charge is -2.35. The molecule has 0 heterocycles. The van der Waals surface area contributed by atoms with Crippen LogP contribution in [0.3, 0.4) is 0 Å². The van der Waals surface area contributed by atoms with Crippen molar-refractivity contribution in [3.05, 3.63) is 0 Å². The summed E-state index contributed by atoms with van der Waals surface area (Å²) in [5, 5.41) is 10.8. The van der Waals surface area contributed by atoms with Crippen LogP contribution in [0.4, 0.5) is 0 Å². The first kappa shape index (κ1) is 15.5. The molecule has 1 saturated carbocycles. The monoisotopic (exact) mass is 256 g/mol. The van der Waals surface area contributed by atoms with Crippen LogP contribution in [0.5, 0.6) is 0 Å². The van der Waals surface area contributed by atoms with Crippen LogP contribution < -0.4 is 0 Å². The number of aliphatic hydroxyl groups is 1. The summed E-state index contributed by atoms with van der Waals surface area (Å²) in [6.07, 6.45) is 9.22. The van der Waals surface area contributed by atoms with E-state index in [0.717, 1.165) is 32.1 Å². The number of rotatable bonds is 5. The Morgan fingerprint density at radius 3 is 2.22 bits per heavy atom. The number of ether oxygens (including phenoxy) is 1. The summed E-state index contributed by atoms with van der Waals surface area (Å²) in [5.41, 5.74) is -1.25. The molecule has 1 unspecified atom stereocenters. The molecule has 1 atom stereocenters. The van der Waals surface area contributed by atoms with Crippen LogP contribution in [-0.2, 0) is 9.53 Å². The first-order valence-electron chi connectivity index (χ1n) is 7.54. The van der Waals surface area contributed by atoms with Gasteiger partial charge in [0.25, 0.3) is 0 Å². The van der Waals surface area contributed by atoms with E-state index in [4.69, 9.17) is 4.74 Å². The Bertz CT molecular complexity index is 244. The fourth-order valence-corrected chi connectivity index (χ4v) is 3.04. The Morgan fingerprint density at radius 2 is 1.72 bits per heavy atom. The smallest absolute Gasteiger partial charge is 0.338 e. The first-order valence-corrected chi connectivity index (χ1v) is 7.54. The molecule has 0 aromatic rings. The standard InChI is InChI=1S/C15H28O3/c1-3-12-15(17,14(16)18-4-2)13-10-8-6-5-7-9-11-13/h13,17H,3-12H2,1-2H3. The second-order valence-corrected chi connectivity index (χ2v) is 5.44. The predicted octanol–water partition coefficient (Wildman–Crippen LogP) is 3.44. The lowest BCUT2D eigenvalue weighted by molar-refractivity contribution is -0.173. The normalized spacial score (nSPS) is 21.7. The van der Waals surface area contributed by atoms with Crippen LogP contribution in [0.25, 0.3) is 0 Å². The van der Waals surface area contributed by atoms with E-state index in [9.17, 15) is 9.90 Å². The van der Waals surface area contributed by atoms with Gasteiger partial charge in [0.05, 0.1) is 6.61 Å². The molecular formula is C15H28O3. The molecule has 0 spiro atoms. The van der Waals surface area contributed by atoms with Gasteiger partial charge in [0.2, 0.25) is 0 Å². The van der Waals surface area contributed by atoms with Crippen LogP contribution >= 0.6 is 0 Å². The number of esters is 1. The molecule has 1 aliphatic rings. The van der Waals surface area contributed by atoms with Gasteiger partial charge in [-0.25, -0.2) is 4.79 Å². The fourth-order valence-electron chi connectivity index (χ4n) is 3.04. The number of hydrogen-bond donors (Lipinski definition) is 1. The van der Waals surface area contributed by atoms with E-state index in [1.165, 1.54) is 19.3 Å². The molecule has 0 radical (unpaired) electrons. The molecule has 3 heteroatoms. The molecule has 1 aliphatic carbocycles. The summed E-state index contributed by atoms with van der Waals surface area (Å²) in [6, 6.07) is 0. The maximum atomic E-state index is 12.1. The molecule has 18 heavy (non-hydrogen) atoms. The van der Waals surface area contributed by atoms with E-state index in [1.807, 2.05) is 6.92 Å². The molecule has 0 aliphatic heterocycles. The van der Waals surface area contributed by atoms with Crippen molar-refractivity contribution in [1.29, 1.82) is 0 Å². The van der Waals surface area contributed by atoms with E-state index in [2.05, 4.69) is 0 Å². The Hall–Kier alpha value is -0.570. The highest BCUT2D eigenvalue weighted by atomic mass is 16.5. The van der Waals surface area contributed by atoms with Gasteiger partial charge in [-0.05, 0) is 32.1 Å². The lowest BCUT2D eigenvalue weighted by atomic mass is 9.76. The zero-order valence-corrected chi connectivity index (χ0v) is 11.9. The van der Waals surface area contributed by atoms with E-state index in [-0.39, 0.29) is 5.92 Å².